The maximum atomic E-state index is 11.4. The van der Waals surface area contributed by atoms with E-state index in [9.17, 15) is 4.79 Å². The number of carbonyl (C=O) groups excluding carboxylic acids is 1. The molecule has 2 aliphatic rings. The highest BCUT2D eigenvalue weighted by Crippen LogP contribution is 2.32. The number of hydrogen-bond donors (Lipinski definition) is 2. The lowest BCUT2D eigenvalue weighted by molar-refractivity contribution is -0.113. The van der Waals surface area contributed by atoms with Gasteiger partial charge < -0.3 is 10.6 Å². The SMILES string of the molecule is O=C1CSc2ccc(CNC3CCCCC3)cc2N1. The summed E-state index contributed by atoms with van der Waals surface area (Å²) in [4.78, 5) is 12.6. The summed E-state index contributed by atoms with van der Waals surface area (Å²) in [5, 5.41) is 6.59. The normalized spacial score (nSPS) is 19.9. The van der Waals surface area contributed by atoms with Gasteiger partial charge in [-0.25, -0.2) is 0 Å². The first-order valence-corrected chi connectivity index (χ1v) is 8.09. The number of rotatable bonds is 3. The third-order valence-corrected chi connectivity index (χ3v) is 4.95. The third-order valence-electron chi connectivity index (χ3n) is 3.88. The van der Waals surface area contributed by atoms with Crippen LogP contribution in [0.4, 0.5) is 5.69 Å². The Bertz CT molecular complexity index is 469. The lowest BCUT2D eigenvalue weighted by atomic mass is 9.95. The highest BCUT2D eigenvalue weighted by molar-refractivity contribution is 8.00. The van der Waals surface area contributed by atoms with Crippen molar-refractivity contribution in [3.8, 4) is 0 Å². The predicted octanol–water partition coefficient (Wildman–Crippen LogP) is 3.15. The molecule has 0 saturated heterocycles. The van der Waals surface area contributed by atoms with Crippen LogP contribution in [-0.2, 0) is 11.3 Å². The second kappa shape index (κ2) is 5.97. The fraction of sp³-hybridized carbons (Fsp3) is 0.533. The van der Waals surface area contributed by atoms with Gasteiger partial charge in [0, 0.05) is 17.5 Å². The van der Waals surface area contributed by atoms with Crippen LogP contribution in [0.15, 0.2) is 23.1 Å². The molecule has 1 aromatic carbocycles. The summed E-state index contributed by atoms with van der Waals surface area (Å²) in [7, 11) is 0. The topological polar surface area (TPSA) is 41.1 Å². The van der Waals surface area contributed by atoms with Crippen LogP contribution in [0, 0.1) is 0 Å². The van der Waals surface area contributed by atoms with Gasteiger partial charge >= 0.3 is 0 Å². The molecule has 3 rings (SSSR count). The Morgan fingerprint density at radius 2 is 2.11 bits per heavy atom. The van der Waals surface area contributed by atoms with Gasteiger partial charge in [0.05, 0.1) is 11.4 Å². The molecule has 2 N–H and O–H groups in total. The van der Waals surface area contributed by atoms with Crippen molar-refractivity contribution in [3.05, 3.63) is 23.8 Å². The van der Waals surface area contributed by atoms with Gasteiger partial charge in [0.1, 0.15) is 0 Å². The zero-order valence-electron chi connectivity index (χ0n) is 11.1. The molecule has 0 bridgehead atoms. The van der Waals surface area contributed by atoms with E-state index in [1.165, 1.54) is 42.6 Å². The largest absolute Gasteiger partial charge is 0.324 e. The second-order valence-corrected chi connectivity index (χ2v) is 6.40. The fourth-order valence-electron chi connectivity index (χ4n) is 2.81. The molecular formula is C15H20N2OS. The van der Waals surface area contributed by atoms with E-state index in [2.05, 4.69) is 28.8 Å². The van der Waals surface area contributed by atoms with Crippen LogP contribution < -0.4 is 10.6 Å². The number of hydrogen-bond acceptors (Lipinski definition) is 3. The van der Waals surface area contributed by atoms with Gasteiger partial charge in [0.2, 0.25) is 5.91 Å². The number of benzene rings is 1. The average molecular weight is 276 g/mol. The lowest BCUT2D eigenvalue weighted by Crippen LogP contribution is -2.30. The molecule has 1 fully saturated rings. The molecule has 0 radical (unpaired) electrons. The van der Waals surface area contributed by atoms with E-state index in [0.29, 0.717) is 11.8 Å². The van der Waals surface area contributed by atoms with E-state index < -0.39 is 0 Å². The molecule has 4 heteroatoms. The Morgan fingerprint density at radius 3 is 2.95 bits per heavy atom. The molecule has 1 aliphatic heterocycles. The standard InChI is InChI=1S/C15H20N2OS/c18-15-10-19-14-7-6-11(8-13(14)17-15)9-16-12-4-2-1-3-5-12/h6-8,12,16H,1-5,9-10H2,(H,17,18). The monoisotopic (exact) mass is 276 g/mol. The Hall–Kier alpha value is -1.00. The van der Waals surface area contributed by atoms with Crippen LogP contribution >= 0.6 is 11.8 Å². The second-order valence-electron chi connectivity index (χ2n) is 5.38. The zero-order chi connectivity index (χ0) is 13.1. The van der Waals surface area contributed by atoms with Crippen molar-refractivity contribution in [2.45, 2.75) is 49.6 Å². The van der Waals surface area contributed by atoms with Gasteiger partial charge in [0.15, 0.2) is 0 Å². The molecule has 1 aliphatic carbocycles. The van der Waals surface area contributed by atoms with Crippen LogP contribution in [0.2, 0.25) is 0 Å². The van der Waals surface area contributed by atoms with Gasteiger partial charge in [-0.05, 0) is 30.5 Å². The molecule has 1 heterocycles. The average Bonchev–Trinajstić information content (AvgIpc) is 2.46. The number of carbonyl (C=O) groups is 1. The minimum Gasteiger partial charge on any atom is -0.324 e. The Morgan fingerprint density at radius 1 is 1.26 bits per heavy atom. The van der Waals surface area contributed by atoms with E-state index in [1.807, 2.05) is 0 Å². The van der Waals surface area contributed by atoms with Crippen molar-refractivity contribution < 1.29 is 4.79 Å². The molecule has 0 unspecified atom stereocenters. The molecule has 0 spiro atoms. The Balaban J connectivity index is 1.61. The Labute approximate surface area is 118 Å². The zero-order valence-corrected chi connectivity index (χ0v) is 11.9. The lowest BCUT2D eigenvalue weighted by Gasteiger charge is -2.23. The van der Waals surface area contributed by atoms with Crippen LogP contribution in [0.25, 0.3) is 0 Å². The van der Waals surface area contributed by atoms with Crippen molar-refractivity contribution in [2.75, 3.05) is 11.1 Å². The third kappa shape index (κ3) is 3.31. The van der Waals surface area contributed by atoms with Crippen LogP contribution in [-0.4, -0.2) is 17.7 Å². The number of amides is 1. The molecular weight excluding hydrogens is 256 g/mol. The van der Waals surface area contributed by atoms with Crippen molar-refractivity contribution in [1.29, 1.82) is 0 Å². The van der Waals surface area contributed by atoms with Gasteiger partial charge in [-0.2, -0.15) is 0 Å². The van der Waals surface area contributed by atoms with Gasteiger partial charge in [-0.1, -0.05) is 25.3 Å². The molecule has 1 aromatic rings. The van der Waals surface area contributed by atoms with Gasteiger partial charge in [-0.15, -0.1) is 11.8 Å². The van der Waals surface area contributed by atoms with E-state index in [0.717, 1.165) is 12.2 Å². The summed E-state index contributed by atoms with van der Waals surface area (Å²) in [5.41, 5.74) is 2.23. The number of fused-ring (bicyclic) bond motifs is 1. The number of anilines is 1. The number of thioether (sulfide) groups is 1. The summed E-state index contributed by atoms with van der Waals surface area (Å²) < 4.78 is 0. The molecule has 102 valence electrons. The summed E-state index contributed by atoms with van der Waals surface area (Å²) in [6.45, 7) is 0.901. The van der Waals surface area contributed by atoms with Gasteiger partial charge in [0.25, 0.3) is 0 Å². The first kappa shape index (κ1) is 13.0. The predicted molar refractivity (Wildman–Crippen MR) is 79.5 cm³/mol. The highest BCUT2D eigenvalue weighted by atomic mass is 32.2. The van der Waals surface area contributed by atoms with E-state index in [1.54, 1.807) is 11.8 Å². The van der Waals surface area contributed by atoms with Crippen molar-refractivity contribution in [2.24, 2.45) is 0 Å². The van der Waals surface area contributed by atoms with E-state index in [4.69, 9.17) is 0 Å². The molecule has 0 atom stereocenters. The maximum Gasteiger partial charge on any atom is 0.234 e. The smallest absolute Gasteiger partial charge is 0.234 e. The van der Waals surface area contributed by atoms with Crippen LogP contribution in [0.1, 0.15) is 37.7 Å². The minimum absolute atomic E-state index is 0.106. The van der Waals surface area contributed by atoms with Crippen LogP contribution in [0.3, 0.4) is 0 Å². The maximum absolute atomic E-state index is 11.4. The van der Waals surface area contributed by atoms with Crippen molar-refractivity contribution >= 4 is 23.4 Å². The van der Waals surface area contributed by atoms with Crippen molar-refractivity contribution in [3.63, 3.8) is 0 Å². The van der Waals surface area contributed by atoms with E-state index >= 15 is 0 Å². The Kier molecular flexibility index (Phi) is 4.09. The molecule has 0 aromatic heterocycles. The minimum atomic E-state index is 0.106. The quantitative estimate of drug-likeness (QED) is 0.891. The molecule has 1 amide bonds. The summed E-state index contributed by atoms with van der Waals surface area (Å²) >= 11 is 1.62. The molecule has 1 saturated carbocycles. The molecule has 3 nitrogen and oxygen atoms in total. The summed E-state index contributed by atoms with van der Waals surface area (Å²) in [6.07, 6.45) is 6.71. The van der Waals surface area contributed by atoms with Crippen molar-refractivity contribution in [1.82, 2.24) is 5.32 Å². The highest BCUT2D eigenvalue weighted by Gasteiger charge is 2.16. The van der Waals surface area contributed by atoms with E-state index in [-0.39, 0.29) is 5.91 Å². The molecule has 19 heavy (non-hydrogen) atoms. The van der Waals surface area contributed by atoms with Gasteiger partial charge in [-0.3, -0.25) is 4.79 Å². The summed E-state index contributed by atoms with van der Waals surface area (Å²) in [5.74, 6) is 0.641. The number of nitrogens with one attached hydrogen (secondary N) is 2. The fourth-order valence-corrected chi connectivity index (χ4v) is 3.60. The first-order chi connectivity index (χ1) is 9.31. The summed E-state index contributed by atoms with van der Waals surface area (Å²) in [6, 6.07) is 7.07. The van der Waals surface area contributed by atoms with Crippen LogP contribution in [0.5, 0.6) is 0 Å². The first-order valence-electron chi connectivity index (χ1n) is 7.10.